The summed E-state index contributed by atoms with van der Waals surface area (Å²) in [6, 6.07) is 12.1. The van der Waals surface area contributed by atoms with Gasteiger partial charge in [-0.3, -0.25) is 4.90 Å². The summed E-state index contributed by atoms with van der Waals surface area (Å²) in [5.41, 5.74) is 2.28. The summed E-state index contributed by atoms with van der Waals surface area (Å²) in [4.78, 5) is 6.36. The van der Waals surface area contributed by atoms with E-state index in [1.807, 2.05) is 50.6 Å². The summed E-state index contributed by atoms with van der Waals surface area (Å²) in [6.45, 7) is 8.06. The molecule has 1 aliphatic heterocycles. The van der Waals surface area contributed by atoms with E-state index in [0.717, 1.165) is 66.5 Å². The third-order valence-electron chi connectivity index (χ3n) is 6.25. The van der Waals surface area contributed by atoms with E-state index in [1.54, 1.807) is 6.20 Å². The van der Waals surface area contributed by atoms with Crippen molar-refractivity contribution in [2.24, 2.45) is 0 Å². The normalized spacial score (nSPS) is 18.7. The predicted octanol–water partition coefficient (Wildman–Crippen LogP) is 5.03. The minimum absolute atomic E-state index is 0.268. The van der Waals surface area contributed by atoms with Crippen molar-refractivity contribution in [1.82, 2.24) is 14.5 Å². The molecule has 4 rings (SSSR count). The SMILES string of the molecule is Cc1cc(OCC2(O)CCCN(Cc3cccc(OCCCn4ccnc4)c3)C2)cc(C)c1Cl. The number of piperidine rings is 1. The highest BCUT2D eigenvalue weighted by atomic mass is 35.5. The first-order valence-electron chi connectivity index (χ1n) is 11.9. The van der Waals surface area contributed by atoms with Crippen LogP contribution in [0.15, 0.2) is 55.1 Å². The molecule has 1 saturated heterocycles. The molecule has 0 amide bonds. The molecule has 1 aliphatic rings. The molecule has 0 aliphatic carbocycles. The van der Waals surface area contributed by atoms with Crippen LogP contribution in [-0.2, 0) is 13.1 Å². The van der Waals surface area contributed by atoms with Crippen molar-refractivity contribution in [2.75, 3.05) is 26.3 Å². The number of aryl methyl sites for hydroxylation is 3. The Kier molecular flexibility index (Phi) is 8.14. The van der Waals surface area contributed by atoms with Crippen LogP contribution < -0.4 is 9.47 Å². The maximum Gasteiger partial charge on any atom is 0.120 e. The molecule has 3 aromatic rings. The van der Waals surface area contributed by atoms with E-state index in [1.165, 1.54) is 5.56 Å². The molecular weight excluding hydrogens is 450 g/mol. The van der Waals surface area contributed by atoms with Gasteiger partial charge in [-0.1, -0.05) is 23.7 Å². The van der Waals surface area contributed by atoms with Gasteiger partial charge in [-0.2, -0.15) is 0 Å². The lowest BCUT2D eigenvalue weighted by Crippen LogP contribution is -2.51. The van der Waals surface area contributed by atoms with Gasteiger partial charge in [0.05, 0.1) is 12.9 Å². The highest BCUT2D eigenvalue weighted by Gasteiger charge is 2.34. The number of hydrogen-bond acceptors (Lipinski definition) is 5. The van der Waals surface area contributed by atoms with Gasteiger partial charge < -0.3 is 19.1 Å². The largest absolute Gasteiger partial charge is 0.494 e. The molecule has 34 heavy (non-hydrogen) atoms. The van der Waals surface area contributed by atoms with E-state index in [0.29, 0.717) is 13.2 Å². The second-order valence-electron chi connectivity index (χ2n) is 9.35. The van der Waals surface area contributed by atoms with Crippen LogP contribution in [0.3, 0.4) is 0 Å². The smallest absolute Gasteiger partial charge is 0.120 e. The summed E-state index contributed by atoms with van der Waals surface area (Å²) in [5, 5.41) is 12.0. The van der Waals surface area contributed by atoms with Gasteiger partial charge in [0.1, 0.15) is 23.7 Å². The van der Waals surface area contributed by atoms with Crippen LogP contribution in [0, 0.1) is 13.8 Å². The fourth-order valence-corrected chi connectivity index (χ4v) is 4.62. The Morgan fingerprint density at radius 1 is 1.12 bits per heavy atom. The molecule has 0 spiro atoms. The van der Waals surface area contributed by atoms with Crippen LogP contribution in [0.5, 0.6) is 11.5 Å². The molecular formula is C27H34ClN3O3. The Bertz CT molecular complexity index is 1050. The van der Waals surface area contributed by atoms with Crippen molar-refractivity contribution < 1.29 is 14.6 Å². The van der Waals surface area contributed by atoms with Crippen molar-refractivity contribution >= 4 is 11.6 Å². The van der Waals surface area contributed by atoms with Gasteiger partial charge in [0, 0.05) is 37.1 Å². The molecule has 7 heteroatoms. The molecule has 1 atom stereocenters. The van der Waals surface area contributed by atoms with Crippen LogP contribution >= 0.6 is 11.6 Å². The number of halogens is 1. The van der Waals surface area contributed by atoms with Crippen LogP contribution in [0.4, 0.5) is 0 Å². The zero-order valence-corrected chi connectivity index (χ0v) is 20.8. The number of β-amino-alcohol motifs (C(OH)–C–C–N with tert-alkyl or cyclic N) is 1. The average Bonchev–Trinajstić information content (AvgIpc) is 3.33. The second-order valence-corrected chi connectivity index (χ2v) is 9.73. The minimum Gasteiger partial charge on any atom is -0.494 e. The Labute approximate surface area is 207 Å². The minimum atomic E-state index is -0.874. The van der Waals surface area contributed by atoms with E-state index in [9.17, 15) is 5.11 Å². The predicted molar refractivity (Wildman–Crippen MR) is 135 cm³/mol. The molecule has 0 radical (unpaired) electrons. The number of nitrogens with zero attached hydrogens (tertiary/aromatic N) is 3. The van der Waals surface area contributed by atoms with E-state index in [2.05, 4.69) is 26.6 Å². The summed E-state index contributed by atoms with van der Waals surface area (Å²) in [6.07, 6.45) is 8.16. The molecule has 0 bridgehead atoms. The maximum absolute atomic E-state index is 11.2. The van der Waals surface area contributed by atoms with Gasteiger partial charge >= 0.3 is 0 Å². The van der Waals surface area contributed by atoms with Gasteiger partial charge in [-0.25, -0.2) is 4.98 Å². The van der Waals surface area contributed by atoms with Crippen LogP contribution in [0.25, 0.3) is 0 Å². The Morgan fingerprint density at radius 2 is 1.94 bits per heavy atom. The number of likely N-dealkylation sites (tertiary alicyclic amines) is 1. The maximum atomic E-state index is 11.2. The zero-order chi connectivity index (χ0) is 24.0. The standard InChI is InChI=1S/C27H34ClN3O3/c1-21-14-25(15-22(2)26(21)28)34-19-27(32)8-4-10-31(18-27)17-23-6-3-7-24(16-23)33-13-5-11-30-12-9-29-20-30/h3,6-7,9,12,14-16,20,32H,4-5,8,10-11,13,17-19H2,1-2H3. The Morgan fingerprint density at radius 3 is 2.71 bits per heavy atom. The Hall–Kier alpha value is -2.54. The number of aromatic nitrogens is 2. The first-order chi connectivity index (χ1) is 16.4. The molecule has 1 unspecified atom stereocenters. The molecule has 2 aromatic carbocycles. The number of imidazole rings is 1. The molecule has 0 saturated carbocycles. The van der Waals surface area contributed by atoms with Crippen molar-refractivity contribution in [3.63, 3.8) is 0 Å². The number of rotatable bonds is 10. The first kappa shape index (κ1) is 24.6. The third kappa shape index (κ3) is 6.75. The summed E-state index contributed by atoms with van der Waals surface area (Å²) in [5.74, 6) is 1.63. The van der Waals surface area contributed by atoms with Gasteiger partial charge in [0.15, 0.2) is 0 Å². The van der Waals surface area contributed by atoms with E-state index >= 15 is 0 Å². The summed E-state index contributed by atoms with van der Waals surface area (Å²) in [7, 11) is 0. The average molecular weight is 484 g/mol. The highest BCUT2D eigenvalue weighted by molar-refractivity contribution is 6.32. The summed E-state index contributed by atoms with van der Waals surface area (Å²) < 4.78 is 14.0. The quantitative estimate of drug-likeness (QED) is 0.410. The number of benzene rings is 2. The molecule has 2 heterocycles. The lowest BCUT2D eigenvalue weighted by molar-refractivity contribution is -0.0621. The van der Waals surface area contributed by atoms with Crippen molar-refractivity contribution in [3.05, 3.63) is 76.8 Å². The molecule has 1 aromatic heterocycles. The third-order valence-corrected chi connectivity index (χ3v) is 6.84. The van der Waals surface area contributed by atoms with Crippen LogP contribution in [0.2, 0.25) is 5.02 Å². The molecule has 182 valence electrons. The molecule has 6 nitrogen and oxygen atoms in total. The number of ether oxygens (including phenoxy) is 2. The highest BCUT2D eigenvalue weighted by Crippen LogP contribution is 2.28. The van der Waals surface area contributed by atoms with E-state index < -0.39 is 5.60 Å². The lowest BCUT2D eigenvalue weighted by Gasteiger charge is -2.39. The van der Waals surface area contributed by atoms with Gasteiger partial charge in [-0.05, 0) is 80.6 Å². The topological polar surface area (TPSA) is 59.8 Å². The fraction of sp³-hybridized carbons (Fsp3) is 0.444. The first-order valence-corrected chi connectivity index (χ1v) is 12.3. The summed E-state index contributed by atoms with van der Waals surface area (Å²) >= 11 is 6.27. The molecule has 1 fully saturated rings. The monoisotopic (exact) mass is 483 g/mol. The number of aliphatic hydroxyl groups is 1. The molecule has 1 N–H and O–H groups in total. The van der Waals surface area contributed by atoms with Crippen molar-refractivity contribution in [1.29, 1.82) is 0 Å². The lowest BCUT2D eigenvalue weighted by atomic mass is 9.93. The van der Waals surface area contributed by atoms with Crippen LogP contribution in [-0.4, -0.2) is 51.5 Å². The number of hydrogen-bond donors (Lipinski definition) is 1. The van der Waals surface area contributed by atoms with Gasteiger partial charge in [0.2, 0.25) is 0 Å². The zero-order valence-electron chi connectivity index (χ0n) is 20.0. The van der Waals surface area contributed by atoms with E-state index in [4.69, 9.17) is 21.1 Å². The van der Waals surface area contributed by atoms with Crippen molar-refractivity contribution in [3.8, 4) is 11.5 Å². The van der Waals surface area contributed by atoms with Gasteiger partial charge in [0.25, 0.3) is 0 Å². The second kappa shape index (κ2) is 11.3. The van der Waals surface area contributed by atoms with E-state index in [-0.39, 0.29) is 6.61 Å². The fourth-order valence-electron chi connectivity index (χ4n) is 4.51. The van der Waals surface area contributed by atoms with Crippen LogP contribution in [0.1, 0.15) is 36.0 Å². The van der Waals surface area contributed by atoms with Gasteiger partial charge in [-0.15, -0.1) is 0 Å². The van der Waals surface area contributed by atoms with Crippen molar-refractivity contribution in [2.45, 2.75) is 51.8 Å². The Balaban J connectivity index is 1.28.